The Balaban J connectivity index is 1.85. The second-order valence-electron chi connectivity index (χ2n) is 5.23. The van der Waals surface area contributed by atoms with Gasteiger partial charge in [-0.2, -0.15) is 4.98 Å². The van der Waals surface area contributed by atoms with Crippen LogP contribution in [0.4, 0.5) is 0 Å². The number of rotatable bonds is 3. The first kappa shape index (κ1) is 13.7. The fourth-order valence-corrected chi connectivity index (χ4v) is 3.58. The van der Waals surface area contributed by atoms with Crippen molar-refractivity contribution in [1.29, 1.82) is 0 Å². The van der Waals surface area contributed by atoms with Crippen LogP contribution in [0.1, 0.15) is 29.2 Å². The molecule has 2 aromatic heterocycles. The predicted octanol–water partition coefficient (Wildman–Crippen LogP) is 2.25. The monoisotopic (exact) mass is 292 g/mol. The molecule has 1 saturated heterocycles. The molecule has 1 N–H and O–H groups in total. The molecule has 1 aliphatic heterocycles. The van der Waals surface area contributed by atoms with E-state index in [1.807, 2.05) is 0 Å². The SMILES string of the molecule is CCc1sc(-c2nc(C3CNCCN3C)no2)cc1C. The summed E-state index contributed by atoms with van der Waals surface area (Å²) in [7, 11) is 2.10. The molecule has 6 heteroatoms. The molecule has 2 aromatic rings. The summed E-state index contributed by atoms with van der Waals surface area (Å²) in [6.07, 6.45) is 1.05. The van der Waals surface area contributed by atoms with Crippen molar-refractivity contribution in [3.8, 4) is 10.8 Å². The van der Waals surface area contributed by atoms with E-state index in [0.29, 0.717) is 5.89 Å². The van der Waals surface area contributed by atoms with Gasteiger partial charge >= 0.3 is 0 Å². The molecule has 5 nitrogen and oxygen atoms in total. The van der Waals surface area contributed by atoms with Gasteiger partial charge in [-0.3, -0.25) is 4.90 Å². The third kappa shape index (κ3) is 2.51. The molecule has 0 aliphatic carbocycles. The van der Waals surface area contributed by atoms with E-state index in [2.05, 4.69) is 47.3 Å². The number of nitrogens with one attached hydrogen (secondary N) is 1. The van der Waals surface area contributed by atoms with Crippen molar-refractivity contribution in [2.24, 2.45) is 0 Å². The van der Waals surface area contributed by atoms with E-state index in [1.54, 1.807) is 11.3 Å². The average Bonchev–Trinajstić information content (AvgIpc) is 3.05. The highest BCUT2D eigenvalue weighted by molar-refractivity contribution is 7.15. The lowest BCUT2D eigenvalue weighted by molar-refractivity contribution is 0.190. The molecule has 0 saturated carbocycles. The Kier molecular flexibility index (Phi) is 3.87. The fourth-order valence-electron chi connectivity index (χ4n) is 2.54. The minimum absolute atomic E-state index is 0.202. The smallest absolute Gasteiger partial charge is 0.268 e. The third-order valence-corrected chi connectivity index (χ3v) is 5.17. The Labute approximate surface area is 123 Å². The van der Waals surface area contributed by atoms with Crippen LogP contribution in [0.2, 0.25) is 0 Å². The zero-order chi connectivity index (χ0) is 14.1. The largest absolute Gasteiger partial charge is 0.333 e. The van der Waals surface area contributed by atoms with Crippen molar-refractivity contribution >= 4 is 11.3 Å². The maximum absolute atomic E-state index is 5.46. The van der Waals surface area contributed by atoms with Gasteiger partial charge in [0.2, 0.25) is 0 Å². The van der Waals surface area contributed by atoms with Gasteiger partial charge in [-0.25, -0.2) is 0 Å². The van der Waals surface area contributed by atoms with Crippen LogP contribution in [0.25, 0.3) is 10.8 Å². The van der Waals surface area contributed by atoms with E-state index >= 15 is 0 Å². The normalized spacial score (nSPS) is 20.4. The molecule has 0 aromatic carbocycles. The number of aryl methyl sites for hydroxylation is 2. The van der Waals surface area contributed by atoms with Crippen molar-refractivity contribution in [1.82, 2.24) is 20.4 Å². The number of hydrogen-bond acceptors (Lipinski definition) is 6. The Hall–Kier alpha value is -1.24. The van der Waals surface area contributed by atoms with Gasteiger partial charge in [0.1, 0.15) is 0 Å². The first-order valence-corrected chi connectivity index (χ1v) is 7.85. The summed E-state index contributed by atoms with van der Waals surface area (Å²) in [4.78, 5) is 9.32. The quantitative estimate of drug-likeness (QED) is 0.940. The molecule has 0 bridgehead atoms. The maximum Gasteiger partial charge on any atom is 0.268 e. The van der Waals surface area contributed by atoms with Crippen molar-refractivity contribution in [3.05, 3.63) is 22.3 Å². The predicted molar refractivity (Wildman–Crippen MR) is 80.0 cm³/mol. The van der Waals surface area contributed by atoms with E-state index < -0.39 is 0 Å². The highest BCUT2D eigenvalue weighted by Gasteiger charge is 2.25. The second kappa shape index (κ2) is 5.63. The molecule has 3 heterocycles. The maximum atomic E-state index is 5.46. The van der Waals surface area contributed by atoms with Gasteiger partial charge in [-0.15, -0.1) is 11.3 Å². The molecule has 108 valence electrons. The van der Waals surface area contributed by atoms with Crippen molar-refractivity contribution in [2.75, 3.05) is 26.7 Å². The lowest BCUT2D eigenvalue weighted by Gasteiger charge is -2.30. The van der Waals surface area contributed by atoms with Crippen LogP contribution in [0, 0.1) is 6.92 Å². The lowest BCUT2D eigenvalue weighted by Crippen LogP contribution is -2.44. The summed E-state index contributed by atoms with van der Waals surface area (Å²) >= 11 is 1.75. The van der Waals surface area contributed by atoms with Crippen LogP contribution in [0.5, 0.6) is 0 Å². The van der Waals surface area contributed by atoms with Crippen molar-refractivity contribution in [2.45, 2.75) is 26.3 Å². The molecule has 0 radical (unpaired) electrons. The standard InChI is InChI=1S/C14H20N4OS/c1-4-11-9(2)7-12(20-11)14-16-13(17-19-14)10-8-15-5-6-18(10)3/h7,10,15H,4-6,8H2,1-3H3. The number of piperazine rings is 1. The Bertz CT molecular complexity index is 592. The highest BCUT2D eigenvalue weighted by Crippen LogP contribution is 2.31. The minimum Gasteiger partial charge on any atom is -0.333 e. The number of nitrogens with zero attached hydrogens (tertiary/aromatic N) is 3. The van der Waals surface area contributed by atoms with E-state index in [0.717, 1.165) is 36.8 Å². The first-order valence-electron chi connectivity index (χ1n) is 7.03. The molecule has 20 heavy (non-hydrogen) atoms. The van der Waals surface area contributed by atoms with Gasteiger partial charge in [0, 0.05) is 24.5 Å². The van der Waals surface area contributed by atoms with Crippen LogP contribution < -0.4 is 5.32 Å². The summed E-state index contributed by atoms with van der Waals surface area (Å²) in [5.41, 5.74) is 1.31. The number of aromatic nitrogens is 2. The first-order chi connectivity index (χ1) is 9.69. The van der Waals surface area contributed by atoms with Crippen LogP contribution in [0.3, 0.4) is 0 Å². The van der Waals surface area contributed by atoms with Crippen LogP contribution in [-0.2, 0) is 6.42 Å². The van der Waals surface area contributed by atoms with Crippen LogP contribution in [-0.4, -0.2) is 41.7 Å². The van der Waals surface area contributed by atoms with Gasteiger partial charge < -0.3 is 9.84 Å². The van der Waals surface area contributed by atoms with Gasteiger partial charge in [0.15, 0.2) is 5.82 Å². The molecular formula is C14H20N4OS. The van der Waals surface area contributed by atoms with Crippen molar-refractivity contribution in [3.63, 3.8) is 0 Å². The summed E-state index contributed by atoms with van der Waals surface area (Å²) < 4.78 is 5.46. The molecular weight excluding hydrogens is 272 g/mol. The average molecular weight is 292 g/mol. The molecule has 1 fully saturated rings. The number of thiophene rings is 1. The Morgan fingerprint density at radius 3 is 3.10 bits per heavy atom. The topological polar surface area (TPSA) is 54.2 Å². The molecule has 3 rings (SSSR count). The summed E-state index contributed by atoms with van der Waals surface area (Å²) in [6, 6.07) is 2.34. The number of likely N-dealkylation sites (N-methyl/N-ethyl adjacent to an activating group) is 1. The highest BCUT2D eigenvalue weighted by atomic mass is 32.1. The van der Waals surface area contributed by atoms with E-state index in [-0.39, 0.29) is 6.04 Å². The van der Waals surface area contributed by atoms with Gasteiger partial charge in [-0.1, -0.05) is 12.1 Å². The summed E-state index contributed by atoms with van der Waals surface area (Å²) in [5, 5.41) is 7.54. The van der Waals surface area contributed by atoms with E-state index in [1.165, 1.54) is 10.4 Å². The molecule has 0 spiro atoms. The summed E-state index contributed by atoms with van der Waals surface area (Å²) in [6.45, 7) is 7.20. The lowest BCUT2D eigenvalue weighted by atomic mass is 10.2. The Morgan fingerprint density at radius 1 is 1.55 bits per heavy atom. The fraction of sp³-hybridized carbons (Fsp3) is 0.571. The Morgan fingerprint density at radius 2 is 2.40 bits per heavy atom. The zero-order valence-electron chi connectivity index (χ0n) is 12.1. The van der Waals surface area contributed by atoms with E-state index in [4.69, 9.17) is 4.52 Å². The van der Waals surface area contributed by atoms with Crippen LogP contribution >= 0.6 is 11.3 Å². The molecule has 1 atom stereocenters. The van der Waals surface area contributed by atoms with Gasteiger partial charge in [0.05, 0.1) is 10.9 Å². The third-order valence-electron chi connectivity index (χ3n) is 3.80. The van der Waals surface area contributed by atoms with E-state index in [9.17, 15) is 0 Å². The van der Waals surface area contributed by atoms with Crippen molar-refractivity contribution < 1.29 is 4.52 Å². The minimum atomic E-state index is 0.202. The molecule has 1 unspecified atom stereocenters. The number of hydrogen-bond donors (Lipinski definition) is 1. The van der Waals surface area contributed by atoms with Crippen LogP contribution in [0.15, 0.2) is 10.6 Å². The zero-order valence-corrected chi connectivity index (χ0v) is 13.0. The van der Waals surface area contributed by atoms with Gasteiger partial charge in [-0.05, 0) is 32.0 Å². The second-order valence-corrected chi connectivity index (χ2v) is 6.37. The summed E-state index contributed by atoms with van der Waals surface area (Å²) in [5.74, 6) is 1.42. The molecule has 0 amide bonds. The van der Waals surface area contributed by atoms with Gasteiger partial charge in [0.25, 0.3) is 5.89 Å². The molecule has 1 aliphatic rings.